The Hall–Kier alpha value is -1.66. The molecule has 0 bridgehead atoms. The predicted octanol–water partition coefficient (Wildman–Crippen LogP) is 4.77. The van der Waals surface area contributed by atoms with Gasteiger partial charge in [0, 0.05) is 0 Å². The zero-order valence-corrected chi connectivity index (χ0v) is 9.82. The van der Waals surface area contributed by atoms with Crippen LogP contribution in [-0.4, -0.2) is 0 Å². The van der Waals surface area contributed by atoms with E-state index >= 15 is 0 Å². The molecule has 1 rings (SSSR count). The number of ether oxygens (including phenoxy) is 1. The number of alkyl halides is 6. The number of halogens is 6. The van der Waals surface area contributed by atoms with Crippen molar-refractivity contribution in [3.63, 3.8) is 0 Å². The fraction of sp³-hybridized carbons (Fsp3) is 0.333. The van der Waals surface area contributed by atoms with E-state index in [1.165, 1.54) is 6.92 Å². The molecule has 7 heteroatoms. The number of hydrogen-bond acceptors (Lipinski definition) is 1. The fourth-order valence-corrected chi connectivity index (χ4v) is 1.31. The fourth-order valence-electron chi connectivity index (χ4n) is 1.31. The van der Waals surface area contributed by atoms with Gasteiger partial charge in [0.15, 0.2) is 0 Å². The molecule has 0 radical (unpaired) electrons. The first kappa shape index (κ1) is 15.4. The lowest BCUT2D eigenvalue weighted by molar-refractivity contribution is -0.143. The van der Waals surface area contributed by atoms with Crippen molar-refractivity contribution in [2.24, 2.45) is 0 Å². The van der Waals surface area contributed by atoms with Gasteiger partial charge in [-0.2, -0.15) is 26.3 Å². The molecule has 0 aliphatic heterocycles. The maximum atomic E-state index is 12.5. The second-order valence-corrected chi connectivity index (χ2v) is 3.90. The number of rotatable bonds is 3. The van der Waals surface area contributed by atoms with Crippen molar-refractivity contribution in [3.8, 4) is 0 Å². The normalized spacial score (nSPS) is 12.4. The van der Waals surface area contributed by atoms with Crippen LogP contribution >= 0.6 is 0 Å². The number of allylic oxidation sites excluding steroid dienone is 1. The van der Waals surface area contributed by atoms with Crippen LogP contribution in [0.1, 0.15) is 23.6 Å². The molecule has 1 aromatic rings. The first-order valence-electron chi connectivity index (χ1n) is 5.07. The molecule has 1 nitrogen and oxygen atoms in total. The Balaban J connectivity index is 3.21. The van der Waals surface area contributed by atoms with Gasteiger partial charge in [0.25, 0.3) is 0 Å². The second kappa shape index (κ2) is 5.14. The molecule has 0 aromatic heterocycles. The summed E-state index contributed by atoms with van der Waals surface area (Å²) in [4.78, 5) is 0. The minimum Gasteiger partial charge on any atom is -0.494 e. The lowest BCUT2D eigenvalue weighted by atomic mass is 10.1. The molecule has 1 aromatic carbocycles. The smallest absolute Gasteiger partial charge is 0.416 e. The van der Waals surface area contributed by atoms with Crippen molar-refractivity contribution in [2.45, 2.75) is 25.9 Å². The molecule has 0 atom stereocenters. The highest BCUT2D eigenvalue weighted by Crippen LogP contribution is 2.36. The van der Waals surface area contributed by atoms with Gasteiger partial charge in [0.05, 0.1) is 16.9 Å². The predicted molar refractivity (Wildman–Crippen MR) is 56.0 cm³/mol. The van der Waals surface area contributed by atoms with Crippen molar-refractivity contribution < 1.29 is 31.1 Å². The first-order valence-corrected chi connectivity index (χ1v) is 5.07. The zero-order chi connectivity index (χ0) is 14.8. The average molecular weight is 284 g/mol. The van der Waals surface area contributed by atoms with Crippen molar-refractivity contribution in [3.05, 3.63) is 47.2 Å². The Labute approximate surface area is 105 Å². The van der Waals surface area contributed by atoms with Crippen LogP contribution in [0.25, 0.3) is 0 Å². The monoisotopic (exact) mass is 284 g/mol. The van der Waals surface area contributed by atoms with Gasteiger partial charge in [-0.05, 0) is 30.7 Å². The van der Waals surface area contributed by atoms with E-state index in [2.05, 4.69) is 6.58 Å². The molecule has 0 unspecified atom stereocenters. The molecule has 106 valence electrons. The summed E-state index contributed by atoms with van der Waals surface area (Å²) in [6, 6.07) is 1.32. The highest BCUT2D eigenvalue weighted by atomic mass is 19.4. The first-order chi connectivity index (χ1) is 8.50. The van der Waals surface area contributed by atoms with Gasteiger partial charge in [0.2, 0.25) is 0 Å². The third-order valence-corrected chi connectivity index (χ3v) is 2.13. The van der Waals surface area contributed by atoms with E-state index in [1.54, 1.807) is 0 Å². The Morgan fingerprint density at radius 3 is 1.74 bits per heavy atom. The van der Waals surface area contributed by atoms with Gasteiger partial charge < -0.3 is 4.74 Å². The Morgan fingerprint density at radius 1 is 1.00 bits per heavy atom. The van der Waals surface area contributed by atoms with Crippen LogP contribution in [0.5, 0.6) is 0 Å². The van der Waals surface area contributed by atoms with Crippen molar-refractivity contribution in [1.82, 2.24) is 0 Å². The minimum absolute atomic E-state index is 0.0737. The average Bonchev–Trinajstić information content (AvgIpc) is 2.23. The van der Waals surface area contributed by atoms with Crippen molar-refractivity contribution in [2.75, 3.05) is 0 Å². The molecule has 0 N–H and O–H groups in total. The van der Waals surface area contributed by atoms with E-state index in [9.17, 15) is 26.3 Å². The van der Waals surface area contributed by atoms with Gasteiger partial charge in [-0.15, -0.1) is 0 Å². The molecule has 0 aliphatic carbocycles. The molecule has 0 saturated carbocycles. The van der Waals surface area contributed by atoms with Crippen LogP contribution in [0.2, 0.25) is 0 Å². The zero-order valence-electron chi connectivity index (χ0n) is 9.82. The van der Waals surface area contributed by atoms with Crippen molar-refractivity contribution >= 4 is 0 Å². The van der Waals surface area contributed by atoms with Crippen molar-refractivity contribution in [1.29, 1.82) is 0 Å². The summed E-state index contributed by atoms with van der Waals surface area (Å²) in [5.41, 5.74) is -2.93. The van der Waals surface area contributed by atoms with Gasteiger partial charge in [-0.1, -0.05) is 6.58 Å². The Bertz CT molecular complexity index is 440. The number of hydrogen-bond donors (Lipinski definition) is 0. The molecule has 0 fully saturated rings. The van der Waals surface area contributed by atoms with E-state index in [0.29, 0.717) is 12.1 Å². The summed E-state index contributed by atoms with van der Waals surface area (Å²) in [5.74, 6) is 0.200. The van der Waals surface area contributed by atoms with E-state index in [0.717, 1.165) is 0 Å². The Kier molecular flexibility index (Phi) is 4.17. The minimum atomic E-state index is -4.85. The van der Waals surface area contributed by atoms with Gasteiger partial charge in [-0.3, -0.25) is 0 Å². The maximum Gasteiger partial charge on any atom is 0.416 e. The van der Waals surface area contributed by atoms with Crippen LogP contribution < -0.4 is 0 Å². The summed E-state index contributed by atoms with van der Waals surface area (Å²) >= 11 is 0. The van der Waals surface area contributed by atoms with Gasteiger partial charge in [0.1, 0.15) is 6.61 Å². The highest BCUT2D eigenvalue weighted by Gasteiger charge is 2.36. The van der Waals surface area contributed by atoms with E-state index in [1.807, 2.05) is 0 Å². The molecular weight excluding hydrogens is 274 g/mol. The molecule has 0 saturated heterocycles. The lowest BCUT2D eigenvalue weighted by Crippen LogP contribution is -2.12. The second-order valence-electron chi connectivity index (χ2n) is 3.90. The van der Waals surface area contributed by atoms with Crippen LogP contribution in [0.4, 0.5) is 26.3 Å². The third-order valence-electron chi connectivity index (χ3n) is 2.13. The summed E-state index contributed by atoms with van der Waals surface area (Å²) in [6.45, 7) is 4.39. The molecule has 0 heterocycles. The standard InChI is InChI=1S/C12H10F6O/c1-7(2)19-6-8-3-9(11(13,14)15)5-10(4-8)12(16,17)18/h3-5H,1,6H2,2H3. The Morgan fingerprint density at radius 2 is 1.42 bits per heavy atom. The molecule has 19 heavy (non-hydrogen) atoms. The largest absolute Gasteiger partial charge is 0.494 e. The highest BCUT2D eigenvalue weighted by molar-refractivity contribution is 5.33. The quantitative estimate of drug-likeness (QED) is 0.573. The molecular formula is C12H10F6O. The molecule has 0 spiro atoms. The topological polar surface area (TPSA) is 9.23 Å². The summed E-state index contributed by atoms with van der Waals surface area (Å²) < 4.78 is 79.9. The third kappa shape index (κ3) is 4.50. The molecule has 0 aliphatic rings. The summed E-state index contributed by atoms with van der Waals surface area (Å²) in [7, 11) is 0. The van der Waals surface area contributed by atoms with Crippen LogP contribution in [-0.2, 0) is 23.7 Å². The number of benzene rings is 1. The maximum absolute atomic E-state index is 12.5. The lowest BCUT2D eigenvalue weighted by Gasteiger charge is -2.14. The molecule has 0 amide bonds. The van der Waals surface area contributed by atoms with Crippen LogP contribution in [0.15, 0.2) is 30.5 Å². The summed E-state index contributed by atoms with van der Waals surface area (Å²) in [6.07, 6.45) is -9.70. The van der Waals surface area contributed by atoms with Gasteiger partial charge in [-0.25, -0.2) is 0 Å². The van der Waals surface area contributed by atoms with Gasteiger partial charge >= 0.3 is 12.4 Å². The summed E-state index contributed by atoms with van der Waals surface area (Å²) in [5, 5.41) is 0. The van der Waals surface area contributed by atoms with E-state index in [4.69, 9.17) is 4.74 Å². The van der Waals surface area contributed by atoms with E-state index in [-0.39, 0.29) is 17.4 Å². The van der Waals surface area contributed by atoms with E-state index < -0.39 is 30.1 Å². The van der Waals surface area contributed by atoms with Crippen LogP contribution in [0.3, 0.4) is 0 Å². The SMILES string of the molecule is C=C(C)OCc1cc(C(F)(F)F)cc(C(F)(F)F)c1. The van der Waals surface area contributed by atoms with Crippen LogP contribution in [0, 0.1) is 0 Å².